The van der Waals surface area contributed by atoms with Crippen LogP contribution in [0, 0.1) is 0 Å². The van der Waals surface area contributed by atoms with Gasteiger partial charge in [0.25, 0.3) is 0 Å². The second-order valence-corrected chi connectivity index (χ2v) is 3.81. The van der Waals surface area contributed by atoms with Crippen LogP contribution < -0.4 is 10.5 Å². The third-order valence-corrected chi connectivity index (χ3v) is 2.55. The van der Waals surface area contributed by atoms with Crippen molar-refractivity contribution in [3.8, 4) is 5.75 Å². The van der Waals surface area contributed by atoms with Gasteiger partial charge in [0.2, 0.25) is 0 Å². The first-order chi connectivity index (χ1) is 7.77. The molecule has 0 saturated heterocycles. The van der Waals surface area contributed by atoms with Crippen molar-refractivity contribution in [3.05, 3.63) is 28.8 Å². The number of benzene rings is 1. The van der Waals surface area contributed by atoms with E-state index in [1.807, 2.05) is 0 Å². The third kappa shape index (κ3) is 3.24. The Labute approximate surface area is 101 Å². The molecule has 0 aliphatic heterocycles. The molecule has 1 aromatic carbocycles. The molecule has 1 rings (SSSR count). The van der Waals surface area contributed by atoms with Crippen LogP contribution in [0.15, 0.2) is 18.2 Å². The lowest BCUT2D eigenvalue weighted by Crippen LogP contribution is -2.38. The molecule has 0 unspecified atom stereocenters. The van der Waals surface area contributed by atoms with Crippen molar-refractivity contribution >= 4 is 11.6 Å². The zero-order valence-corrected chi connectivity index (χ0v) is 9.59. The van der Waals surface area contributed by atoms with Gasteiger partial charge in [0.05, 0.1) is 18.2 Å². The molecular weight excluding hydrogens is 259 g/mol. The summed E-state index contributed by atoms with van der Waals surface area (Å²) in [5, 5.41) is 9.27. The van der Waals surface area contributed by atoms with Crippen molar-refractivity contribution in [2.75, 3.05) is 7.11 Å². The van der Waals surface area contributed by atoms with E-state index in [0.29, 0.717) is 0 Å². The summed E-state index contributed by atoms with van der Waals surface area (Å²) in [7, 11) is 1.33. The van der Waals surface area contributed by atoms with Crippen molar-refractivity contribution in [2.24, 2.45) is 5.73 Å². The van der Waals surface area contributed by atoms with E-state index in [0.717, 1.165) is 0 Å². The van der Waals surface area contributed by atoms with Crippen molar-refractivity contribution in [3.63, 3.8) is 0 Å². The van der Waals surface area contributed by atoms with Gasteiger partial charge in [-0.05, 0) is 17.7 Å². The first kappa shape index (κ1) is 14.1. The molecule has 17 heavy (non-hydrogen) atoms. The fourth-order valence-corrected chi connectivity index (χ4v) is 1.46. The Balaban J connectivity index is 3.00. The molecular formula is C10H11ClF3NO2. The zero-order chi connectivity index (χ0) is 13.2. The number of aliphatic hydroxyl groups is 1. The number of alkyl halides is 3. The molecule has 0 amide bonds. The highest BCUT2D eigenvalue weighted by molar-refractivity contribution is 6.32. The van der Waals surface area contributed by atoms with Crippen molar-refractivity contribution in [2.45, 2.75) is 18.3 Å². The van der Waals surface area contributed by atoms with E-state index in [1.165, 1.54) is 25.3 Å². The van der Waals surface area contributed by atoms with Crippen molar-refractivity contribution in [1.29, 1.82) is 0 Å². The minimum absolute atomic E-state index is 0.0936. The summed E-state index contributed by atoms with van der Waals surface area (Å²) in [4.78, 5) is 0. The van der Waals surface area contributed by atoms with Gasteiger partial charge in [-0.1, -0.05) is 17.7 Å². The van der Waals surface area contributed by atoms with Gasteiger partial charge >= 0.3 is 6.18 Å². The number of ether oxygens (including phenoxy) is 1. The van der Waals surface area contributed by atoms with Gasteiger partial charge in [-0.2, -0.15) is 13.2 Å². The molecule has 0 saturated carbocycles. The maximum atomic E-state index is 12.3. The second kappa shape index (κ2) is 5.12. The molecule has 0 bridgehead atoms. The van der Waals surface area contributed by atoms with E-state index in [2.05, 4.69) is 0 Å². The second-order valence-electron chi connectivity index (χ2n) is 3.41. The largest absolute Gasteiger partial charge is 0.495 e. The molecule has 3 nitrogen and oxygen atoms in total. The molecule has 7 heteroatoms. The summed E-state index contributed by atoms with van der Waals surface area (Å²) < 4.78 is 41.6. The normalized spacial score (nSPS) is 15.5. The Hall–Kier alpha value is -0.980. The van der Waals surface area contributed by atoms with Gasteiger partial charge < -0.3 is 15.6 Å². The van der Waals surface area contributed by atoms with Gasteiger partial charge in [-0.25, -0.2) is 0 Å². The molecule has 0 spiro atoms. The number of nitrogens with two attached hydrogens (primary N) is 1. The van der Waals surface area contributed by atoms with Crippen LogP contribution >= 0.6 is 11.6 Å². The van der Waals surface area contributed by atoms with Crippen molar-refractivity contribution in [1.82, 2.24) is 0 Å². The summed E-state index contributed by atoms with van der Waals surface area (Å²) in [5.41, 5.74) is 5.42. The van der Waals surface area contributed by atoms with E-state index in [9.17, 15) is 13.2 Å². The van der Waals surface area contributed by atoms with E-state index in [1.54, 1.807) is 0 Å². The monoisotopic (exact) mass is 269 g/mol. The van der Waals surface area contributed by atoms with Gasteiger partial charge in [-0.15, -0.1) is 0 Å². The predicted molar refractivity (Wildman–Crippen MR) is 57.0 cm³/mol. The minimum Gasteiger partial charge on any atom is -0.495 e. The molecule has 0 fully saturated rings. The van der Waals surface area contributed by atoms with Crippen LogP contribution in [-0.4, -0.2) is 24.5 Å². The molecule has 96 valence electrons. The highest BCUT2D eigenvalue weighted by atomic mass is 35.5. The van der Waals surface area contributed by atoms with Crippen molar-refractivity contribution < 1.29 is 23.0 Å². The Morgan fingerprint density at radius 1 is 1.41 bits per heavy atom. The number of hydrogen-bond donors (Lipinski definition) is 2. The fourth-order valence-electron chi connectivity index (χ4n) is 1.27. The lowest BCUT2D eigenvalue weighted by molar-refractivity contribution is -0.210. The van der Waals surface area contributed by atoms with Gasteiger partial charge in [-0.3, -0.25) is 0 Å². The van der Waals surface area contributed by atoms with Gasteiger partial charge in [0, 0.05) is 0 Å². The third-order valence-electron chi connectivity index (χ3n) is 2.24. The number of rotatable bonds is 3. The molecule has 0 aliphatic rings. The molecule has 1 aromatic rings. The number of methoxy groups -OCH3 is 1. The van der Waals surface area contributed by atoms with Gasteiger partial charge in [0.1, 0.15) is 5.75 Å². The number of aliphatic hydroxyl groups excluding tert-OH is 1. The van der Waals surface area contributed by atoms with E-state index < -0.39 is 18.3 Å². The zero-order valence-electron chi connectivity index (χ0n) is 8.83. The summed E-state index contributed by atoms with van der Waals surface area (Å²) in [6.07, 6.45) is -7.40. The Kier molecular flexibility index (Phi) is 4.24. The van der Waals surface area contributed by atoms with Crippen LogP contribution in [0.4, 0.5) is 13.2 Å². The summed E-state index contributed by atoms with van der Waals surface area (Å²) in [6, 6.07) is 2.35. The average Bonchev–Trinajstić information content (AvgIpc) is 2.26. The van der Waals surface area contributed by atoms with Crippen LogP contribution in [0.5, 0.6) is 5.75 Å². The molecule has 2 atom stereocenters. The van der Waals surface area contributed by atoms with Crippen LogP contribution in [0.3, 0.4) is 0 Å². The van der Waals surface area contributed by atoms with Crippen LogP contribution in [-0.2, 0) is 0 Å². The topological polar surface area (TPSA) is 55.5 Å². The minimum atomic E-state index is -4.77. The number of hydrogen-bond acceptors (Lipinski definition) is 3. The maximum Gasteiger partial charge on any atom is 0.416 e. The van der Waals surface area contributed by atoms with Crippen LogP contribution in [0.25, 0.3) is 0 Å². The Bertz CT molecular complexity index is 398. The summed E-state index contributed by atoms with van der Waals surface area (Å²) >= 11 is 5.72. The first-order valence-electron chi connectivity index (χ1n) is 4.61. The van der Waals surface area contributed by atoms with Crippen LogP contribution in [0.2, 0.25) is 5.02 Å². The lowest BCUT2D eigenvalue weighted by Gasteiger charge is -2.22. The standard InChI is InChI=1S/C10H11ClF3NO2/c1-17-7-4-5(2-3-6(7)11)8(15)9(16)10(12,13)14/h2-4,8-9,16H,15H2,1H3/t8-,9-/m0/s1. The van der Waals surface area contributed by atoms with E-state index in [4.69, 9.17) is 27.2 Å². The maximum absolute atomic E-state index is 12.3. The smallest absolute Gasteiger partial charge is 0.416 e. The Morgan fingerprint density at radius 2 is 2.00 bits per heavy atom. The highest BCUT2D eigenvalue weighted by Crippen LogP contribution is 2.32. The fraction of sp³-hybridized carbons (Fsp3) is 0.400. The van der Waals surface area contributed by atoms with Gasteiger partial charge in [0.15, 0.2) is 6.10 Å². The highest BCUT2D eigenvalue weighted by Gasteiger charge is 2.42. The lowest BCUT2D eigenvalue weighted by atomic mass is 10.0. The average molecular weight is 270 g/mol. The molecule has 0 heterocycles. The first-order valence-corrected chi connectivity index (χ1v) is 4.99. The van der Waals surface area contributed by atoms with Crippen LogP contribution in [0.1, 0.15) is 11.6 Å². The molecule has 0 radical (unpaired) electrons. The Morgan fingerprint density at radius 3 is 2.47 bits per heavy atom. The molecule has 0 aromatic heterocycles. The number of halogens is 4. The predicted octanol–water partition coefficient (Wildman–Crippen LogP) is 2.27. The van der Waals surface area contributed by atoms with E-state index >= 15 is 0 Å². The molecule has 3 N–H and O–H groups in total. The summed E-state index contributed by atoms with van der Waals surface area (Å²) in [5.74, 6) is 0.203. The quantitative estimate of drug-likeness (QED) is 0.885. The summed E-state index contributed by atoms with van der Waals surface area (Å²) in [6.45, 7) is 0. The van der Waals surface area contributed by atoms with E-state index in [-0.39, 0.29) is 16.3 Å². The molecule has 0 aliphatic carbocycles. The SMILES string of the molecule is COc1cc([C@H](N)[C@H](O)C(F)(F)F)ccc1Cl.